The highest BCUT2D eigenvalue weighted by Gasteiger charge is 2.37. The molecule has 1 aromatic carbocycles. The van der Waals surface area contributed by atoms with Gasteiger partial charge in [0.1, 0.15) is 5.75 Å². The first-order valence-electron chi connectivity index (χ1n) is 10.2. The number of esters is 1. The minimum Gasteiger partial charge on any atom is -0.457 e. The Morgan fingerprint density at radius 2 is 1.91 bits per heavy atom. The largest absolute Gasteiger partial charge is 0.457 e. The number of piperidine rings is 1. The molecule has 1 fully saturated rings. The molecular weight excluding hydrogens is 430 g/mol. The predicted molar refractivity (Wildman–Crippen MR) is 121 cm³/mol. The van der Waals surface area contributed by atoms with Crippen LogP contribution < -0.4 is 4.74 Å². The second kappa shape index (κ2) is 8.46. The maximum Gasteiger partial charge on any atom is 0.379 e. The molecular formula is C22H19N5O4S. The molecule has 32 heavy (non-hydrogen) atoms. The van der Waals surface area contributed by atoms with Gasteiger partial charge in [0, 0.05) is 13.1 Å². The number of nitrogens with one attached hydrogen (secondary N) is 1. The first-order chi connectivity index (χ1) is 15.6. The van der Waals surface area contributed by atoms with E-state index in [1.54, 1.807) is 36.4 Å². The Labute approximate surface area is 187 Å². The molecule has 162 valence electrons. The van der Waals surface area contributed by atoms with Crippen LogP contribution in [0, 0.1) is 5.41 Å². The van der Waals surface area contributed by atoms with E-state index in [1.165, 1.54) is 35.5 Å². The van der Waals surface area contributed by atoms with Crippen molar-refractivity contribution >= 4 is 45.9 Å². The molecule has 9 nitrogen and oxygen atoms in total. The zero-order chi connectivity index (χ0) is 22.1. The molecule has 3 aliphatic heterocycles. The lowest BCUT2D eigenvalue weighted by Gasteiger charge is -2.26. The number of hydrogen-bond donors (Lipinski definition) is 1. The topological polar surface area (TPSA) is 112 Å². The molecule has 5 rings (SSSR count). The van der Waals surface area contributed by atoms with Gasteiger partial charge in [0.2, 0.25) is 10.9 Å². The summed E-state index contributed by atoms with van der Waals surface area (Å²) in [4.78, 5) is 30.9. The number of fused-ring (bicyclic) bond motifs is 1. The first kappa shape index (κ1) is 20.3. The fourth-order valence-electron chi connectivity index (χ4n) is 3.55. The van der Waals surface area contributed by atoms with Crippen LogP contribution in [0.4, 0.5) is 0 Å². The van der Waals surface area contributed by atoms with Crippen molar-refractivity contribution in [3.05, 3.63) is 59.6 Å². The molecule has 0 radical (unpaired) electrons. The summed E-state index contributed by atoms with van der Waals surface area (Å²) >= 11 is 1.33. The number of rotatable bonds is 3. The Morgan fingerprint density at radius 3 is 2.62 bits per heavy atom. The second-order valence-electron chi connectivity index (χ2n) is 7.39. The highest BCUT2D eigenvalue weighted by Crippen LogP contribution is 2.30. The molecule has 0 bridgehead atoms. The average Bonchev–Trinajstić information content (AvgIpc) is 3.49. The van der Waals surface area contributed by atoms with Gasteiger partial charge in [-0.15, -0.1) is 5.10 Å². The number of furan rings is 1. The van der Waals surface area contributed by atoms with E-state index in [-0.39, 0.29) is 17.2 Å². The smallest absolute Gasteiger partial charge is 0.379 e. The van der Waals surface area contributed by atoms with E-state index in [4.69, 9.17) is 14.6 Å². The highest BCUT2D eigenvalue weighted by molar-refractivity contribution is 8.26. The lowest BCUT2D eigenvalue weighted by Crippen LogP contribution is -2.35. The van der Waals surface area contributed by atoms with Gasteiger partial charge in [0.25, 0.3) is 5.91 Å². The number of amides is 1. The Balaban J connectivity index is 1.32. The van der Waals surface area contributed by atoms with E-state index in [9.17, 15) is 9.59 Å². The van der Waals surface area contributed by atoms with Gasteiger partial charge < -0.3 is 14.1 Å². The van der Waals surface area contributed by atoms with Gasteiger partial charge in [-0.2, -0.15) is 10.0 Å². The van der Waals surface area contributed by atoms with Crippen molar-refractivity contribution in [1.82, 2.24) is 9.91 Å². The van der Waals surface area contributed by atoms with E-state index < -0.39 is 11.9 Å². The summed E-state index contributed by atoms with van der Waals surface area (Å²) in [5.74, 6) is -0.629. The van der Waals surface area contributed by atoms with Gasteiger partial charge in [0.15, 0.2) is 11.0 Å². The van der Waals surface area contributed by atoms with Gasteiger partial charge in [-0.05, 0) is 66.9 Å². The number of ether oxygens (including phenoxy) is 1. The molecule has 1 N–H and O–H groups in total. The van der Waals surface area contributed by atoms with E-state index >= 15 is 0 Å². The normalized spacial score (nSPS) is 19.7. The fourth-order valence-corrected chi connectivity index (χ4v) is 4.49. The van der Waals surface area contributed by atoms with Crippen LogP contribution in [-0.2, 0) is 4.79 Å². The van der Waals surface area contributed by atoms with Gasteiger partial charge >= 0.3 is 5.97 Å². The van der Waals surface area contributed by atoms with Crippen LogP contribution in [0.2, 0.25) is 0 Å². The molecule has 1 saturated heterocycles. The van der Waals surface area contributed by atoms with Crippen LogP contribution in [-0.4, -0.2) is 51.0 Å². The number of hydrogen-bond acceptors (Lipinski definition) is 8. The SMILES string of the molecule is N=C1/C(=C/c2ccc(OC(=O)c3ccco3)cc2)C(=O)N=C2SC(N3CCCCC3)=NN12. The van der Waals surface area contributed by atoms with Crippen molar-refractivity contribution in [2.45, 2.75) is 19.3 Å². The number of carbonyl (C=O) groups excluding carboxylic acids is 2. The molecule has 0 atom stereocenters. The Hall–Kier alpha value is -3.66. The molecule has 4 heterocycles. The second-order valence-corrected chi connectivity index (χ2v) is 8.32. The number of carbonyl (C=O) groups is 2. The summed E-state index contributed by atoms with van der Waals surface area (Å²) in [7, 11) is 0. The maximum absolute atomic E-state index is 12.6. The fraction of sp³-hybridized carbons (Fsp3) is 0.227. The zero-order valence-electron chi connectivity index (χ0n) is 17.0. The molecule has 0 saturated carbocycles. The molecule has 0 spiro atoms. The maximum atomic E-state index is 12.6. The molecule has 1 aromatic heterocycles. The van der Waals surface area contributed by atoms with E-state index in [0.29, 0.717) is 16.5 Å². The van der Waals surface area contributed by atoms with Crippen molar-refractivity contribution in [3.8, 4) is 5.75 Å². The summed E-state index contributed by atoms with van der Waals surface area (Å²) in [6.07, 6.45) is 6.42. The summed E-state index contributed by atoms with van der Waals surface area (Å²) in [5, 5.41) is 15.7. The van der Waals surface area contributed by atoms with E-state index in [1.807, 2.05) is 0 Å². The lowest BCUT2D eigenvalue weighted by atomic mass is 10.1. The monoisotopic (exact) mass is 449 g/mol. The van der Waals surface area contributed by atoms with Crippen molar-refractivity contribution < 1.29 is 18.7 Å². The number of aliphatic imine (C=N–C) groups is 1. The molecule has 1 amide bonds. The van der Waals surface area contributed by atoms with Crippen LogP contribution in [0.1, 0.15) is 35.4 Å². The Kier molecular flexibility index (Phi) is 5.36. The summed E-state index contributed by atoms with van der Waals surface area (Å²) in [6.45, 7) is 1.85. The quantitative estimate of drug-likeness (QED) is 0.433. The number of benzene rings is 1. The van der Waals surface area contributed by atoms with Crippen LogP contribution >= 0.6 is 11.8 Å². The Morgan fingerprint density at radius 1 is 1.12 bits per heavy atom. The third kappa shape index (κ3) is 3.96. The van der Waals surface area contributed by atoms with Gasteiger partial charge in [-0.3, -0.25) is 10.2 Å². The summed E-state index contributed by atoms with van der Waals surface area (Å²) in [6, 6.07) is 9.73. The number of thioether (sulfide) groups is 1. The number of likely N-dealkylation sites (tertiary alicyclic amines) is 1. The molecule has 0 aliphatic carbocycles. The van der Waals surface area contributed by atoms with Crippen molar-refractivity contribution in [3.63, 3.8) is 0 Å². The van der Waals surface area contributed by atoms with Gasteiger partial charge in [-0.1, -0.05) is 12.1 Å². The molecule has 10 heteroatoms. The highest BCUT2D eigenvalue weighted by atomic mass is 32.2. The van der Waals surface area contributed by atoms with Crippen molar-refractivity contribution in [2.24, 2.45) is 10.1 Å². The number of amidine groups is 3. The van der Waals surface area contributed by atoms with Gasteiger partial charge in [0.05, 0.1) is 11.8 Å². The number of hydrazone groups is 1. The number of nitrogens with zero attached hydrogens (tertiary/aromatic N) is 4. The molecule has 0 unspecified atom stereocenters. The molecule has 2 aromatic rings. The van der Waals surface area contributed by atoms with Crippen molar-refractivity contribution in [1.29, 1.82) is 5.41 Å². The standard InChI is InChI=1S/C22H19N5O4S/c23-18-16(13-14-6-8-15(9-7-14)31-20(29)17-5-4-12-30-17)19(28)24-21-27(18)25-22(32-21)26-10-2-1-3-11-26/h4-9,12-13,23H,1-3,10-11H2/b16-13-,23-18?. The van der Waals surface area contributed by atoms with E-state index in [0.717, 1.165) is 31.1 Å². The predicted octanol–water partition coefficient (Wildman–Crippen LogP) is 3.56. The average molecular weight is 449 g/mol. The Bertz CT molecular complexity index is 1160. The van der Waals surface area contributed by atoms with Gasteiger partial charge in [-0.25, -0.2) is 4.79 Å². The van der Waals surface area contributed by atoms with Crippen LogP contribution in [0.5, 0.6) is 5.75 Å². The third-order valence-corrected chi connectivity index (χ3v) is 6.16. The van der Waals surface area contributed by atoms with Crippen LogP contribution in [0.25, 0.3) is 6.08 Å². The summed E-state index contributed by atoms with van der Waals surface area (Å²) in [5.41, 5.74) is 0.819. The van der Waals surface area contributed by atoms with E-state index in [2.05, 4.69) is 15.0 Å². The third-order valence-electron chi connectivity index (χ3n) is 5.19. The zero-order valence-corrected chi connectivity index (χ0v) is 17.8. The van der Waals surface area contributed by atoms with Crippen LogP contribution in [0.15, 0.2) is 62.7 Å². The minimum absolute atomic E-state index is 0.00664. The van der Waals surface area contributed by atoms with Crippen molar-refractivity contribution in [2.75, 3.05) is 13.1 Å². The molecule has 3 aliphatic rings. The minimum atomic E-state index is -0.596. The first-order valence-corrected chi connectivity index (χ1v) is 11.0. The lowest BCUT2D eigenvalue weighted by molar-refractivity contribution is -0.114. The summed E-state index contributed by atoms with van der Waals surface area (Å²) < 4.78 is 10.3. The van der Waals surface area contributed by atoms with Crippen LogP contribution in [0.3, 0.4) is 0 Å².